The van der Waals surface area contributed by atoms with Crippen LogP contribution in [0.5, 0.6) is 0 Å². The maximum Gasteiger partial charge on any atom is 0.416 e. The third kappa shape index (κ3) is 5.07. The highest BCUT2D eigenvalue weighted by atomic mass is 19.4. The third-order valence-electron chi connectivity index (χ3n) is 3.59. The van der Waals surface area contributed by atoms with Crippen molar-refractivity contribution in [3.8, 4) is 0 Å². The number of carbonyl (C=O) groups is 2. The van der Waals surface area contributed by atoms with E-state index in [-0.39, 0.29) is 12.3 Å². The van der Waals surface area contributed by atoms with E-state index in [0.717, 1.165) is 12.1 Å². The summed E-state index contributed by atoms with van der Waals surface area (Å²) < 4.78 is 37.6. The van der Waals surface area contributed by atoms with Gasteiger partial charge in [0.25, 0.3) is 0 Å². The van der Waals surface area contributed by atoms with Gasteiger partial charge >= 0.3 is 12.2 Å². The van der Waals surface area contributed by atoms with E-state index in [1.165, 1.54) is 31.0 Å². The second-order valence-electron chi connectivity index (χ2n) is 5.61. The van der Waals surface area contributed by atoms with Gasteiger partial charge in [0.15, 0.2) is 5.78 Å². The van der Waals surface area contributed by atoms with Crippen molar-refractivity contribution in [3.63, 3.8) is 0 Å². The Morgan fingerprint density at radius 1 is 1.00 bits per heavy atom. The second kappa shape index (κ2) is 7.38. The zero-order valence-electron chi connectivity index (χ0n) is 13.7. The van der Waals surface area contributed by atoms with Gasteiger partial charge in [-0.2, -0.15) is 13.2 Å². The molecule has 2 rings (SSSR count). The van der Waals surface area contributed by atoms with E-state index < -0.39 is 17.8 Å². The van der Waals surface area contributed by atoms with Crippen LogP contribution in [0.3, 0.4) is 0 Å². The average Bonchev–Trinajstić information content (AvgIpc) is 2.55. The quantitative estimate of drug-likeness (QED) is 0.821. The molecule has 0 saturated heterocycles. The van der Waals surface area contributed by atoms with Gasteiger partial charge in [0.2, 0.25) is 0 Å². The lowest BCUT2D eigenvalue weighted by Crippen LogP contribution is -2.30. The number of nitrogens with zero attached hydrogens (tertiary/aromatic N) is 1. The zero-order valence-corrected chi connectivity index (χ0v) is 13.7. The Hall–Kier alpha value is -2.83. The highest BCUT2D eigenvalue weighted by Gasteiger charge is 2.29. The molecule has 0 aromatic heterocycles. The molecule has 2 aromatic carbocycles. The van der Waals surface area contributed by atoms with Crippen molar-refractivity contribution in [2.45, 2.75) is 19.6 Å². The van der Waals surface area contributed by atoms with Crippen LogP contribution in [0.1, 0.15) is 28.4 Å². The number of urea groups is 1. The van der Waals surface area contributed by atoms with Gasteiger partial charge in [-0.3, -0.25) is 4.79 Å². The Labute approximate surface area is 143 Å². The maximum atomic E-state index is 12.5. The van der Waals surface area contributed by atoms with Gasteiger partial charge in [-0.05, 0) is 48.9 Å². The van der Waals surface area contributed by atoms with Crippen molar-refractivity contribution in [3.05, 3.63) is 65.2 Å². The fourth-order valence-electron chi connectivity index (χ4n) is 2.15. The van der Waals surface area contributed by atoms with Gasteiger partial charge in [-0.15, -0.1) is 0 Å². The number of Topliss-reactive ketones (excluding diaryl/α,β-unsaturated/α-hetero) is 1. The van der Waals surface area contributed by atoms with Crippen LogP contribution >= 0.6 is 0 Å². The van der Waals surface area contributed by atoms with Gasteiger partial charge in [0, 0.05) is 24.8 Å². The van der Waals surface area contributed by atoms with Gasteiger partial charge in [0.05, 0.1) is 5.56 Å². The van der Waals surface area contributed by atoms with Crippen LogP contribution in [0.15, 0.2) is 48.5 Å². The molecule has 0 heterocycles. The first-order valence-corrected chi connectivity index (χ1v) is 7.46. The summed E-state index contributed by atoms with van der Waals surface area (Å²) in [5.41, 5.74) is 0.914. The number of hydrogen-bond donors (Lipinski definition) is 1. The Morgan fingerprint density at radius 3 is 2.04 bits per heavy atom. The highest BCUT2D eigenvalue weighted by molar-refractivity contribution is 5.95. The number of rotatable bonds is 4. The number of hydrogen-bond acceptors (Lipinski definition) is 2. The molecule has 0 aliphatic heterocycles. The molecule has 0 bridgehead atoms. The summed E-state index contributed by atoms with van der Waals surface area (Å²) in [7, 11) is 1.54. The van der Waals surface area contributed by atoms with E-state index in [4.69, 9.17) is 0 Å². The van der Waals surface area contributed by atoms with Crippen LogP contribution in [-0.2, 0) is 12.7 Å². The summed E-state index contributed by atoms with van der Waals surface area (Å²) in [6.45, 7) is 1.61. The van der Waals surface area contributed by atoms with Crippen LogP contribution in [0.4, 0.5) is 23.7 Å². The predicted molar refractivity (Wildman–Crippen MR) is 88.4 cm³/mol. The molecular formula is C18H17F3N2O2. The number of benzene rings is 2. The zero-order chi connectivity index (χ0) is 18.6. The molecule has 0 atom stereocenters. The van der Waals surface area contributed by atoms with E-state index in [0.29, 0.717) is 16.8 Å². The fraction of sp³-hybridized carbons (Fsp3) is 0.222. The first kappa shape index (κ1) is 18.5. The first-order valence-electron chi connectivity index (χ1n) is 7.46. The summed E-state index contributed by atoms with van der Waals surface area (Å²) >= 11 is 0. The van der Waals surface area contributed by atoms with E-state index in [1.54, 1.807) is 24.3 Å². The minimum absolute atomic E-state index is 0.0719. The number of amides is 2. The Bertz CT molecular complexity index is 753. The summed E-state index contributed by atoms with van der Waals surface area (Å²) in [6.07, 6.45) is -4.38. The summed E-state index contributed by atoms with van der Waals surface area (Å²) in [6, 6.07) is 10.7. The summed E-state index contributed by atoms with van der Waals surface area (Å²) in [4.78, 5) is 24.7. The number of alkyl halides is 3. The normalized spacial score (nSPS) is 11.1. The lowest BCUT2D eigenvalue weighted by Gasteiger charge is -2.18. The van der Waals surface area contributed by atoms with E-state index in [2.05, 4.69) is 5.32 Å². The van der Waals surface area contributed by atoms with Gasteiger partial charge in [-0.1, -0.05) is 12.1 Å². The van der Waals surface area contributed by atoms with Crippen molar-refractivity contribution < 1.29 is 22.8 Å². The number of nitrogens with one attached hydrogen (secondary N) is 1. The van der Waals surface area contributed by atoms with Crippen molar-refractivity contribution >= 4 is 17.5 Å². The Balaban J connectivity index is 1.96. The minimum Gasteiger partial charge on any atom is -0.323 e. The molecule has 0 unspecified atom stereocenters. The largest absolute Gasteiger partial charge is 0.416 e. The minimum atomic E-state index is -4.38. The lowest BCUT2D eigenvalue weighted by molar-refractivity contribution is -0.137. The molecule has 4 nitrogen and oxygen atoms in total. The molecule has 0 fully saturated rings. The Kier molecular flexibility index (Phi) is 5.46. The number of halogens is 3. The molecule has 0 radical (unpaired) electrons. The molecule has 0 aliphatic carbocycles. The standard InChI is InChI=1S/C18H17F3N2O2/c1-12(24)14-5-9-16(10-6-14)22-17(25)23(2)11-13-3-7-15(8-4-13)18(19,20)21/h3-10H,11H2,1-2H3,(H,22,25). The van der Waals surface area contributed by atoms with Crippen LogP contribution in [0.2, 0.25) is 0 Å². The van der Waals surface area contributed by atoms with Crippen LogP contribution in [0, 0.1) is 0 Å². The average molecular weight is 350 g/mol. The van der Waals surface area contributed by atoms with E-state index in [9.17, 15) is 22.8 Å². The van der Waals surface area contributed by atoms with E-state index in [1.807, 2.05) is 0 Å². The number of anilines is 1. The summed E-state index contributed by atoms with van der Waals surface area (Å²) in [5, 5.41) is 2.66. The van der Waals surface area contributed by atoms with Crippen molar-refractivity contribution in [2.75, 3.05) is 12.4 Å². The van der Waals surface area contributed by atoms with Crippen LogP contribution in [-0.4, -0.2) is 23.8 Å². The molecule has 0 saturated carbocycles. The SMILES string of the molecule is CC(=O)c1ccc(NC(=O)N(C)Cc2ccc(C(F)(F)F)cc2)cc1. The molecule has 7 heteroatoms. The molecule has 0 spiro atoms. The number of ketones is 1. The second-order valence-corrected chi connectivity index (χ2v) is 5.61. The number of carbonyl (C=O) groups excluding carboxylic acids is 2. The molecule has 1 N–H and O–H groups in total. The first-order chi connectivity index (χ1) is 11.7. The Morgan fingerprint density at radius 2 is 1.56 bits per heavy atom. The molecule has 2 amide bonds. The van der Waals surface area contributed by atoms with E-state index >= 15 is 0 Å². The smallest absolute Gasteiger partial charge is 0.323 e. The van der Waals surface area contributed by atoms with Crippen molar-refractivity contribution in [2.24, 2.45) is 0 Å². The third-order valence-corrected chi connectivity index (χ3v) is 3.59. The molecule has 0 aliphatic rings. The topological polar surface area (TPSA) is 49.4 Å². The van der Waals surface area contributed by atoms with Crippen LogP contribution < -0.4 is 5.32 Å². The molecular weight excluding hydrogens is 333 g/mol. The molecule has 25 heavy (non-hydrogen) atoms. The molecule has 132 valence electrons. The summed E-state index contributed by atoms with van der Waals surface area (Å²) in [5.74, 6) is -0.0719. The van der Waals surface area contributed by atoms with Gasteiger partial charge < -0.3 is 10.2 Å². The van der Waals surface area contributed by atoms with Crippen molar-refractivity contribution in [1.29, 1.82) is 0 Å². The fourth-order valence-corrected chi connectivity index (χ4v) is 2.15. The lowest BCUT2D eigenvalue weighted by atomic mass is 10.1. The predicted octanol–water partition coefficient (Wildman–Crippen LogP) is 4.57. The van der Waals surface area contributed by atoms with Crippen molar-refractivity contribution in [1.82, 2.24) is 4.90 Å². The van der Waals surface area contributed by atoms with Gasteiger partial charge in [0.1, 0.15) is 0 Å². The monoisotopic (exact) mass is 350 g/mol. The maximum absolute atomic E-state index is 12.5. The molecule has 2 aromatic rings. The highest BCUT2D eigenvalue weighted by Crippen LogP contribution is 2.29. The van der Waals surface area contributed by atoms with Crippen LogP contribution in [0.25, 0.3) is 0 Å². The van der Waals surface area contributed by atoms with Gasteiger partial charge in [-0.25, -0.2) is 4.79 Å².